The van der Waals surface area contributed by atoms with Crippen LogP contribution in [0.1, 0.15) is 19.8 Å². The molecule has 2 rings (SSSR count). The molecule has 1 aromatic carbocycles. The van der Waals surface area contributed by atoms with Crippen LogP contribution in [0.3, 0.4) is 0 Å². The van der Waals surface area contributed by atoms with E-state index in [9.17, 15) is 9.59 Å². The first-order valence-electron chi connectivity index (χ1n) is 7.09. The van der Waals surface area contributed by atoms with Gasteiger partial charge in [-0.15, -0.1) is 0 Å². The molecule has 1 aliphatic heterocycles. The van der Waals surface area contributed by atoms with E-state index in [2.05, 4.69) is 0 Å². The van der Waals surface area contributed by atoms with Crippen LogP contribution in [0.2, 0.25) is 10.0 Å². The van der Waals surface area contributed by atoms with Crippen molar-refractivity contribution in [3.05, 3.63) is 28.2 Å². The van der Waals surface area contributed by atoms with Crippen molar-refractivity contribution in [1.29, 1.82) is 0 Å². The van der Waals surface area contributed by atoms with Gasteiger partial charge in [0.05, 0.1) is 10.9 Å². The molecule has 120 valence electrons. The lowest BCUT2D eigenvalue weighted by molar-refractivity contribution is -0.141. The summed E-state index contributed by atoms with van der Waals surface area (Å²) < 4.78 is 5.61. The molecule has 1 saturated heterocycles. The minimum atomic E-state index is -0.720. The molecule has 1 aromatic rings. The molecule has 1 aliphatic rings. The van der Waals surface area contributed by atoms with E-state index >= 15 is 0 Å². The highest BCUT2D eigenvalue weighted by Gasteiger charge is 2.30. The highest BCUT2D eigenvalue weighted by Crippen LogP contribution is 2.32. The number of hydrogen-bond donors (Lipinski definition) is 1. The Morgan fingerprint density at radius 1 is 1.41 bits per heavy atom. The number of rotatable bonds is 4. The molecule has 1 heterocycles. The van der Waals surface area contributed by atoms with Gasteiger partial charge in [-0.05, 0) is 31.9 Å². The van der Waals surface area contributed by atoms with Crippen LogP contribution in [0.25, 0.3) is 0 Å². The van der Waals surface area contributed by atoms with E-state index in [1.807, 2.05) is 0 Å². The van der Waals surface area contributed by atoms with Gasteiger partial charge in [-0.25, -0.2) is 0 Å². The SMILES string of the molecule is CC(Oc1cccc(Cl)c1Cl)C(=O)N1CCCC(C(N)=O)C1. The number of nitrogens with two attached hydrogens (primary N) is 1. The second kappa shape index (κ2) is 7.20. The van der Waals surface area contributed by atoms with Crippen LogP contribution < -0.4 is 10.5 Å². The molecule has 0 saturated carbocycles. The largest absolute Gasteiger partial charge is 0.479 e. The summed E-state index contributed by atoms with van der Waals surface area (Å²) in [5, 5.41) is 0.642. The van der Waals surface area contributed by atoms with Crippen LogP contribution in [0.4, 0.5) is 0 Å². The van der Waals surface area contributed by atoms with Gasteiger partial charge >= 0.3 is 0 Å². The number of likely N-dealkylation sites (tertiary alicyclic amines) is 1. The number of carbonyl (C=O) groups is 2. The van der Waals surface area contributed by atoms with Crippen molar-refractivity contribution in [2.75, 3.05) is 13.1 Å². The summed E-state index contributed by atoms with van der Waals surface area (Å²) in [6.45, 7) is 2.58. The van der Waals surface area contributed by atoms with Crippen molar-refractivity contribution >= 4 is 35.0 Å². The van der Waals surface area contributed by atoms with Crippen molar-refractivity contribution in [2.24, 2.45) is 11.7 Å². The normalized spacial score (nSPS) is 19.6. The van der Waals surface area contributed by atoms with Gasteiger partial charge in [-0.1, -0.05) is 29.3 Å². The van der Waals surface area contributed by atoms with E-state index in [4.69, 9.17) is 33.7 Å². The number of piperidine rings is 1. The van der Waals surface area contributed by atoms with Gasteiger partial charge in [-0.3, -0.25) is 9.59 Å². The number of amides is 2. The number of ether oxygens (including phenoxy) is 1. The summed E-state index contributed by atoms with van der Waals surface area (Å²) >= 11 is 12.0. The Labute approximate surface area is 139 Å². The lowest BCUT2D eigenvalue weighted by atomic mass is 9.97. The van der Waals surface area contributed by atoms with Crippen molar-refractivity contribution in [3.63, 3.8) is 0 Å². The van der Waals surface area contributed by atoms with E-state index in [0.717, 1.165) is 6.42 Å². The van der Waals surface area contributed by atoms with Gasteiger partial charge in [-0.2, -0.15) is 0 Å². The molecule has 0 radical (unpaired) electrons. The summed E-state index contributed by atoms with van der Waals surface area (Å²) in [6.07, 6.45) is 0.751. The Kier molecular flexibility index (Phi) is 5.53. The standard InChI is InChI=1S/C15H18Cl2N2O3/c1-9(22-12-6-2-5-11(16)13(12)17)15(21)19-7-3-4-10(8-19)14(18)20/h2,5-6,9-10H,3-4,7-8H2,1H3,(H2,18,20). The van der Waals surface area contributed by atoms with Crippen LogP contribution in [-0.2, 0) is 9.59 Å². The summed E-state index contributed by atoms with van der Waals surface area (Å²) in [4.78, 5) is 25.3. The minimum Gasteiger partial charge on any atom is -0.479 e. The van der Waals surface area contributed by atoms with Crippen LogP contribution in [-0.4, -0.2) is 35.9 Å². The van der Waals surface area contributed by atoms with Gasteiger partial charge in [0.25, 0.3) is 5.91 Å². The lowest BCUT2D eigenvalue weighted by Gasteiger charge is -2.33. The first-order valence-corrected chi connectivity index (χ1v) is 7.84. The number of primary amides is 1. The van der Waals surface area contributed by atoms with Crippen LogP contribution in [0, 0.1) is 5.92 Å². The predicted molar refractivity (Wildman–Crippen MR) is 85.1 cm³/mol. The molecule has 22 heavy (non-hydrogen) atoms. The molecular formula is C15H18Cl2N2O3. The molecule has 1 fully saturated rings. The van der Waals surface area contributed by atoms with Gasteiger partial charge in [0.1, 0.15) is 10.8 Å². The molecule has 0 aromatic heterocycles. The lowest BCUT2D eigenvalue weighted by Crippen LogP contribution is -2.48. The second-order valence-electron chi connectivity index (χ2n) is 5.34. The summed E-state index contributed by atoms with van der Waals surface area (Å²) in [5.41, 5.74) is 5.33. The van der Waals surface area contributed by atoms with Crippen LogP contribution >= 0.6 is 23.2 Å². The molecule has 0 spiro atoms. The number of nitrogens with zero attached hydrogens (tertiary/aromatic N) is 1. The van der Waals surface area contributed by atoms with Crippen molar-refractivity contribution in [3.8, 4) is 5.75 Å². The van der Waals surface area contributed by atoms with E-state index in [1.165, 1.54) is 0 Å². The van der Waals surface area contributed by atoms with E-state index < -0.39 is 6.10 Å². The topological polar surface area (TPSA) is 72.6 Å². The number of carbonyl (C=O) groups excluding carboxylic acids is 2. The zero-order chi connectivity index (χ0) is 16.3. The van der Waals surface area contributed by atoms with Crippen molar-refractivity contribution in [1.82, 2.24) is 4.90 Å². The molecule has 2 unspecified atom stereocenters. The Bertz CT molecular complexity index is 580. The Morgan fingerprint density at radius 2 is 2.14 bits per heavy atom. The Hall–Kier alpha value is -1.46. The fourth-order valence-electron chi connectivity index (χ4n) is 2.48. The van der Waals surface area contributed by atoms with Gasteiger partial charge in [0.2, 0.25) is 5.91 Å². The molecule has 0 aliphatic carbocycles. The second-order valence-corrected chi connectivity index (χ2v) is 6.12. The zero-order valence-electron chi connectivity index (χ0n) is 12.2. The zero-order valence-corrected chi connectivity index (χ0v) is 13.7. The predicted octanol–water partition coefficient (Wildman–Crippen LogP) is 2.48. The van der Waals surface area contributed by atoms with E-state index in [-0.39, 0.29) is 22.8 Å². The fourth-order valence-corrected chi connectivity index (χ4v) is 2.82. The molecule has 5 nitrogen and oxygen atoms in total. The molecule has 2 atom stereocenters. The average Bonchev–Trinajstić information content (AvgIpc) is 2.51. The number of benzene rings is 1. The number of halogens is 2. The fraction of sp³-hybridized carbons (Fsp3) is 0.467. The maximum atomic E-state index is 12.4. The van der Waals surface area contributed by atoms with Gasteiger partial charge in [0.15, 0.2) is 6.10 Å². The van der Waals surface area contributed by atoms with Crippen LogP contribution in [0.5, 0.6) is 5.75 Å². The molecular weight excluding hydrogens is 327 g/mol. The summed E-state index contributed by atoms with van der Waals surface area (Å²) in [7, 11) is 0. The molecule has 7 heteroatoms. The molecule has 2 N–H and O–H groups in total. The molecule has 0 bridgehead atoms. The first-order chi connectivity index (χ1) is 10.4. The maximum Gasteiger partial charge on any atom is 0.263 e. The van der Waals surface area contributed by atoms with Gasteiger partial charge < -0.3 is 15.4 Å². The van der Waals surface area contributed by atoms with Crippen molar-refractivity contribution in [2.45, 2.75) is 25.9 Å². The summed E-state index contributed by atoms with van der Waals surface area (Å²) in [6, 6.07) is 5.00. The Balaban J connectivity index is 2.02. The van der Waals surface area contributed by atoms with E-state index in [0.29, 0.717) is 30.3 Å². The third-order valence-corrected chi connectivity index (χ3v) is 4.50. The smallest absolute Gasteiger partial charge is 0.263 e. The van der Waals surface area contributed by atoms with Gasteiger partial charge in [0, 0.05) is 13.1 Å². The van der Waals surface area contributed by atoms with Crippen molar-refractivity contribution < 1.29 is 14.3 Å². The third kappa shape index (κ3) is 3.84. The molecule has 2 amide bonds. The Morgan fingerprint density at radius 3 is 2.82 bits per heavy atom. The minimum absolute atomic E-state index is 0.193. The first kappa shape index (κ1) is 16.9. The monoisotopic (exact) mass is 344 g/mol. The van der Waals surface area contributed by atoms with E-state index in [1.54, 1.807) is 30.0 Å². The highest BCUT2D eigenvalue weighted by molar-refractivity contribution is 6.42. The highest BCUT2D eigenvalue weighted by atomic mass is 35.5. The number of hydrogen-bond acceptors (Lipinski definition) is 3. The summed E-state index contributed by atoms with van der Waals surface area (Å²) in [5.74, 6) is -0.496. The average molecular weight is 345 g/mol. The quantitative estimate of drug-likeness (QED) is 0.911. The maximum absolute atomic E-state index is 12.4. The van der Waals surface area contributed by atoms with Crippen LogP contribution in [0.15, 0.2) is 18.2 Å². The third-order valence-electron chi connectivity index (χ3n) is 3.70.